The molecule has 0 unspecified atom stereocenters. The number of piperazine rings is 1. The van der Waals surface area contributed by atoms with E-state index in [9.17, 15) is 0 Å². The van der Waals surface area contributed by atoms with Gasteiger partial charge in [-0.05, 0) is 19.1 Å². The molecule has 1 aromatic carbocycles. The zero-order valence-electron chi connectivity index (χ0n) is 17.0. The van der Waals surface area contributed by atoms with Crippen molar-refractivity contribution in [2.24, 2.45) is 0 Å². The highest BCUT2D eigenvalue weighted by Crippen LogP contribution is 2.22. The molecule has 1 saturated heterocycles. The molecule has 0 aliphatic carbocycles. The highest BCUT2D eigenvalue weighted by molar-refractivity contribution is 5.51. The van der Waals surface area contributed by atoms with Gasteiger partial charge in [0, 0.05) is 63.8 Å². The van der Waals surface area contributed by atoms with Crippen molar-refractivity contribution < 1.29 is 4.74 Å². The minimum Gasteiger partial charge on any atom is -0.497 e. The Morgan fingerprint density at radius 3 is 2.57 bits per heavy atom. The summed E-state index contributed by atoms with van der Waals surface area (Å²) in [6.07, 6.45) is 0. The maximum Gasteiger partial charge on any atom is 0.254 e. The molecule has 28 heavy (non-hydrogen) atoms. The third-order valence-electron chi connectivity index (χ3n) is 5.08. The van der Waals surface area contributed by atoms with Crippen molar-refractivity contribution in [3.63, 3.8) is 0 Å². The molecule has 0 bridgehead atoms. The van der Waals surface area contributed by atoms with Gasteiger partial charge in [0.25, 0.3) is 5.78 Å². The molecule has 8 nitrogen and oxygen atoms in total. The third kappa shape index (κ3) is 3.73. The fourth-order valence-corrected chi connectivity index (χ4v) is 3.57. The molecule has 3 heterocycles. The summed E-state index contributed by atoms with van der Waals surface area (Å²) in [5, 5.41) is 4.70. The minimum absolute atomic E-state index is 0.661. The molecule has 2 aromatic heterocycles. The van der Waals surface area contributed by atoms with Gasteiger partial charge in [-0.25, -0.2) is 4.98 Å². The van der Waals surface area contributed by atoms with Crippen LogP contribution in [0.4, 0.5) is 11.5 Å². The van der Waals surface area contributed by atoms with Crippen LogP contribution in [0, 0.1) is 6.92 Å². The Kier molecular flexibility index (Phi) is 5.04. The van der Waals surface area contributed by atoms with Gasteiger partial charge in [-0.15, -0.1) is 5.10 Å². The fraction of sp³-hybridized carbons (Fsp3) is 0.450. The number of methoxy groups -OCH3 is 1. The van der Waals surface area contributed by atoms with Crippen molar-refractivity contribution in [2.75, 3.05) is 57.2 Å². The van der Waals surface area contributed by atoms with Crippen molar-refractivity contribution in [2.45, 2.75) is 13.5 Å². The number of hydrogen-bond acceptors (Lipinski definition) is 7. The molecule has 8 heteroatoms. The number of nitrogens with zero attached hydrogens (tertiary/aromatic N) is 7. The van der Waals surface area contributed by atoms with Crippen LogP contribution < -0.4 is 14.5 Å². The largest absolute Gasteiger partial charge is 0.497 e. The molecule has 4 rings (SSSR count). The zero-order valence-corrected chi connectivity index (χ0v) is 17.0. The van der Waals surface area contributed by atoms with Gasteiger partial charge in [-0.2, -0.15) is 9.50 Å². The molecule has 3 aromatic rings. The molecule has 0 N–H and O–H groups in total. The van der Waals surface area contributed by atoms with Gasteiger partial charge in [0.2, 0.25) is 0 Å². The first kappa shape index (κ1) is 18.5. The number of rotatable bonds is 5. The number of anilines is 2. The van der Waals surface area contributed by atoms with Crippen LogP contribution >= 0.6 is 0 Å². The lowest BCUT2D eigenvalue weighted by Crippen LogP contribution is -2.46. The van der Waals surface area contributed by atoms with Crippen LogP contribution in [0.3, 0.4) is 0 Å². The minimum atomic E-state index is 0.661. The SMILES string of the molecule is COc1cccc(N2CCN(Cc3nc4nc(C)cc(N(C)C)n4n3)CC2)c1. The molecule has 1 aliphatic heterocycles. The summed E-state index contributed by atoms with van der Waals surface area (Å²) in [6.45, 7) is 6.61. The number of aromatic nitrogens is 4. The highest BCUT2D eigenvalue weighted by atomic mass is 16.5. The van der Waals surface area contributed by atoms with E-state index < -0.39 is 0 Å². The molecular formula is C20H27N7O. The number of aryl methyl sites for hydroxylation is 1. The molecule has 0 atom stereocenters. The van der Waals surface area contributed by atoms with Gasteiger partial charge in [0.05, 0.1) is 13.7 Å². The van der Waals surface area contributed by atoms with Crippen molar-refractivity contribution >= 4 is 17.3 Å². The maximum atomic E-state index is 5.34. The Morgan fingerprint density at radius 2 is 1.86 bits per heavy atom. The van der Waals surface area contributed by atoms with E-state index in [1.54, 1.807) is 7.11 Å². The van der Waals surface area contributed by atoms with E-state index in [0.717, 1.165) is 55.8 Å². The van der Waals surface area contributed by atoms with Crippen LogP contribution in [0.15, 0.2) is 30.3 Å². The smallest absolute Gasteiger partial charge is 0.254 e. The molecule has 1 fully saturated rings. The van der Waals surface area contributed by atoms with Crippen LogP contribution in [0.25, 0.3) is 5.78 Å². The Balaban J connectivity index is 1.44. The summed E-state index contributed by atoms with van der Waals surface area (Å²) in [5.74, 6) is 3.36. The normalized spacial score (nSPS) is 15.2. The van der Waals surface area contributed by atoms with Crippen LogP contribution in [-0.4, -0.2) is 71.9 Å². The first-order valence-corrected chi connectivity index (χ1v) is 9.55. The van der Waals surface area contributed by atoms with Crippen LogP contribution in [0.5, 0.6) is 5.75 Å². The zero-order chi connectivity index (χ0) is 19.7. The Hall–Kier alpha value is -2.87. The van der Waals surface area contributed by atoms with E-state index in [1.807, 2.05) is 48.6 Å². The van der Waals surface area contributed by atoms with Gasteiger partial charge < -0.3 is 14.5 Å². The first-order valence-electron chi connectivity index (χ1n) is 9.55. The van der Waals surface area contributed by atoms with Gasteiger partial charge in [-0.1, -0.05) is 6.07 Å². The van der Waals surface area contributed by atoms with Crippen molar-refractivity contribution in [3.05, 3.63) is 41.9 Å². The summed E-state index contributed by atoms with van der Waals surface area (Å²) in [5.41, 5.74) is 2.15. The lowest BCUT2D eigenvalue weighted by Gasteiger charge is -2.35. The monoisotopic (exact) mass is 381 g/mol. The van der Waals surface area contributed by atoms with Crippen LogP contribution in [0.1, 0.15) is 11.5 Å². The predicted molar refractivity (Wildman–Crippen MR) is 110 cm³/mol. The second-order valence-electron chi connectivity index (χ2n) is 7.35. The van der Waals surface area contributed by atoms with Gasteiger partial charge in [0.1, 0.15) is 11.6 Å². The van der Waals surface area contributed by atoms with Crippen molar-refractivity contribution in [1.29, 1.82) is 0 Å². The molecule has 0 radical (unpaired) electrons. The second-order valence-corrected chi connectivity index (χ2v) is 7.35. The average molecular weight is 381 g/mol. The summed E-state index contributed by atoms with van der Waals surface area (Å²) in [7, 11) is 5.72. The highest BCUT2D eigenvalue weighted by Gasteiger charge is 2.20. The topological polar surface area (TPSA) is 62.0 Å². The summed E-state index contributed by atoms with van der Waals surface area (Å²) in [6, 6.07) is 10.3. The standard InChI is InChI=1S/C20H27N7O/c1-15-12-19(24(2)3)27-20(21-15)22-18(23-27)14-25-8-10-26(11-9-25)16-6-5-7-17(13-16)28-4/h5-7,12-13H,8-11,14H2,1-4H3. The van der Waals surface area contributed by atoms with E-state index >= 15 is 0 Å². The van der Waals surface area contributed by atoms with E-state index in [1.165, 1.54) is 5.69 Å². The summed E-state index contributed by atoms with van der Waals surface area (Å²) >= 11 is 0. The number of benzene rings is 1. The van der Waals surface area contributed by atoms with Crippen molar-refractivity contribution in [1.82, 2.24) is 24.5 Å². The van der Waals surface area contributed by atoms with E-state index in [4.69, 9.17) is 9.84 Å². The Labute approximate surface area is 165 Å². The van der Waals surface area contributed by atoms with E-state index in [-0.39, 0.29) is 0 Å². The van der Waals surface area contributed by atoms with E-state index in [2.05, 4.69) is 31.9 Å². The lowest BCUT2D eigenvalue weighted by molar-refractivity contribution is 0.244. The Morgan fingerprint density at radius 1 is 1.07 bits per heavy atom. The third-order valence-corrected chi connectivity index (χ3v) is 5.08. The molecule has 1 aliphatic rings. The summed E-state index contributed by atoms with van der Waals surface area (Å²) in [4.78, 5) is 16.0. The van der Waals surface area contributed by atoms with Crippen LogP contribution in [-0.2, 0) is 6.54 Å². The summed E-state index contributed by atoms with van der Waals surface area (Å²) < 4.78 is 7.17. The molecule has 148 valence electrons. The molecule has 0 saturated carbocycles. The molecular weight excluding hydrogens is 354 g/mol. The van der Waals surface area contributed by atoms with Crippen molar-refractivity contribution in [3.8, 4) is 5.75 Å². The predicted octanol–water partition coefficient (Wildman–Crippen LogP) is 1.83. The lowest BCUT2D eigenvalue weighted by atomic mass is 10.2. The van der Waals surface area contributed by atoms with Gasteiger partial charge in [0.15, 0.2) is 5.82 Å². The number of ether oxygens (including phenoxy) is 1. The second kappa shape index (κ2) is 7.63. The Bertz CT molecular complexity index is 960. The van der Waals surface area contributed by atoms with Gasteiger partial charge >= 0.3 is 0 Å². The fourth-order valence-electron chi connectivity index (χ4n) is 3.57. The van der Waals surface area contributed by atoms with Gasteiger partial charge in [-0.3, -0.25) is 4.90 Å². The van der Waals surface area contributed by atoms with Crippen LogP contribution in [0.2, 0.25) is 0 Å². The quantitative estimate of drug-likeness (QED) is 0.668. The van der Waals surface area contributed by atoms with E-state index in [0.29, 0.717) is 5.78 Å². The molecule has 0 amide bonds. The maximum absolute atomic E-state index is 5.34. The molecule has 0 spiro atoms. The average Bonchev–Trinajstić information content (AvgIpc) is 3.09. The number of fused-ring (bicyclic) bond motifs is 1. The number of hydrogen-bond donors (Lipinski definition) is 0. The first-order chi connectivity index (χ1) is 13.5.